The molecular formula is C9H21NOZr. The van der Waals surface area contributed by atoms with Gasteiger partial charge in [0.1, 0.15) is 0 Å². The van der Waals surface area contributed by atoms with Crippen LogP contribution in [0.3, 0.4) is 0 Å². The van der Waals surface area contributed by atoms with E-state index in [0.717, 1.165) is 0 Å². The molecule has 0 bridgehead atoms. The van der Waals surface area contributed by atoms with Gasteiger partial charge in [-0.25, -0.2) is 0 Å². The van der Waals surface area contributed by atoms with Gasteiger partial charge in [0.25, 0.3) is 0 Å². The van der Waals surface area contributed by atoms with Gasteiger partial charge in [0.2, 0.25) is 0 Å². The van der Waals surface area contributed by atoms with Crippen molar-refractivity contribution in [2.45, 2.75) is 39.3 Å². The summed E-state index contributed by atoms with van der Waals surface area (Å²) in [5.74, 6) is 0.289. The van der Waals surface area contributed by atoms with E-state index in [1.165, 1.54) is 0 Å². The topological polar surface area (TPSA) is 23.5 Å². The minimum Gasteiger partial charge on any atom is -0.390 e. The van der Waals surface area contributed by atoms with Gasteiger partial charge in [-0.2, -0.15) is 0 Å². The summed E-state index contributed by atoms with van der Waals surface area (Å²) in [6, 6.07) is 0.412. The van der Waals surface area contributed by atoms with Crippen molar-refractivity contribution in [1.82, 2.24) is 4.90 Å². The molecule has 0 aromatic rings. The molecule has 0 fully saturated rings. The van der Waals surface area contributed by atoms with E-state index in [-0.39, 0.29) is 32.1 Å². The van der Waals surface area contributed by atoms with Crippen LogP contribution in [-0.4, -0.2) is 35.7 Å². The molecule has 0 aliphatic heterocycles. The van der Waals surface area contributed by atoms with Crippen LogP contribution in [0.15, 0.2) is 0 Å². The average molecular weight is 250 g/mol. The van der Waals surface area contributed by atoms with Gasteiger partial charge in [0.15, 0.2) is 0 Å². The van der Waals surface area contributed by atoms with E-state index >= 15 is 0 Å². The van der Waals surface area contributed by atoms with Crippen molar-refractivity contribution in [2.75, 3.05) is 14.1 Å². The number of nitrogens with zero attached hydrogens (tertiary/aromatic N) is 1. The van der Waals surface area contributed by atoms with Crippen molar-refractivity contribution in [3.05, 3.63) is 0 Å². The molecule has 0 aliphatic rings. The maximum absolute atomic E-state index is 9.68. The van der Waals surface area contributed by atoms with Gasteiger partial charge in [-0.15, -0.1) is 0 Å². The van der Waals surface area contributed by atoms with Gasteiger partial charge in [0, 0.05) is 32.2 Å². The Balaban J connectivity index is 0. The monoisotopic (exact) mass is 249 g/mol. The zero-order valence-electron chi connectivity index (χ0n) is 9.05. The SMILES string of the molecule is CC(C(C)C(C)(C)O)N(C)C.[Zr]. The van der Waals surface area contributed by atoms with Crippen LogP contribution in [0.1, 0.15) is 27.7 Å². The molecule has 0 aromatic heterocycles. The fourth-order valence-electron chi connectivity index (χ4n) is 1.04. The van der Waals surface area contributed by atoms with Gasteiger partial charge >= 0.3 is 0 Å². The molecule has 0 radical (unpaired) electrons. The van der Waals surface area contributed by atoms with E-state index < -0.39 is 5.60 Å². The maximum atomic E-state index is 9.68. The van der Waals surface area contributed by atoms with E-state index in [1.54, 1.807) is 0 Å². The van der Waals surface area contributed by atoms with E-state index in [1.807, 2.05) is 27.9 Å². The van der Waals surface area contributed by atoms with Crippen LogP contribution in [0.2, 0.25) is 0 Å². The van der Waals surface area contributed by atoms with E-state index in [9.17, 15) is 5.11 Å². The number of rotatable bonds is 3. The average Bonchev–Trinajstić information content (AvgIpc) is 1.82. The second-order valence-electron chi connectivity index (χ2n) is 4.15. The molecule has 0 saturated carbocycles. The molecule has 2 nitrogen and oxygen atoms in total. The van der Waals surface area contributed by atoms with Crippen LogP contribution in [0.5, 0.6) is 0 Å². The molecule has 2 atom stereocenters. The van der Waals surface area contributed by atoms with Crippen LogP contribution < -0.4 is 0 Å². The Hall–Kier alpha value is 0.803. The first-order chi connectivity index (χ1) is 4.76. The minimum atomic E-state index is -0.580. The summed E-state index contributed by atoms with van der Waals surface area (Å²) in [6.45, 7) is 7.92. The summed E-state index contributed by atoms with van der Waals surface area (Å²) < 4.78 is 0. The molecule has 72 valence electrons. The molecule has 0 amide bonds. The van der Waals surface area contributed by atoms with Gasteiger partial charge < -0.3 is 10.0 Å². The molecule has 0 saturated heterocycles. The third-order valence-electron chi connectivity index (χ3n) is 2.65. The Morgan fingerprint density at radius 2 is 1.50 bits per heavy atom. The Morgan fingerprint density at radius 3 is 1.58 bits per heavy atom. The van der Waals surface area contributed by atoms with Crippen molar-refractivity contribution in [2.24, 2.45) is 5.92 Å². The normalized spacial score (nSPS) is 17.0. The maximum Gasteiger partial charge on any atom is 0.0631 e. The summed E-state index contributed by atoms with van der Waals surface area (Å²) in [4.78, 5) is 2.13. The van der Waals surface area contributed by atoms with Crippen LogP contribution in [0.25, 0.3) is 0 Å². The standard InChI is InChI=1S/C9H21NO.Zr/c1-7(9(3,4)11)8(2)10(5)6;/h7-8,11H,1-6H3;. The summed E-state index contributed by atoms with van der Waals surface area (Å²) in [6.07, 6.45) is 0. The van der Waals surface area contributed by atoms with Crippen LogP contribution in [-0.2, 0) is 26.2 Å². The third-order valence-corrected chi connectivity index (χ3v) is 2.65. The molecule has 2 unspecified atom stereocenters. The van der Waals surface area contributed by atoms with Gasteiger partial charge in [-0.05, 0) is 40.8 Å². The largest absolute Gasteiger partial charge is 0.390 e. The summed E-state index contributed by atoms with van der Waals surface area (Å²) in [5, 5.41) is 9.68. The molecule has 0 spiro atoms. The minimum absolute atomic E-state index is 0. The first kappa shape index (κ1) is 15.3. The molecular weight excluding hydrogens is 229 g/mol. The Bertz CT molecular complexity index is 120. The second kappa shape index (κ2) is 5.52. The van der Waals surface area contributed by atoms with Gasteiger partial charge in [-0.3, -0.25) is 0 Å². The Morgan fingerprint density at radius 1 is 1.17 bits per heavy atom. The van der Waals surface area contributed by atoms with Crippen LogP contribution in [0.4, 0.5) is 0 Å². The van der Waals surface area contributed by atoms with Gasteiger partial charge in [-0.1, -0.05) is 6.92 Å². The van der Waals surface area contributed by atoms with Crippen molar-refractivity contribution in [1.29, 1.82) is 0 Å². The molecule has 0 aromatic carbocycles. The Labute approximate surface area is 95.5 Å². The zero-order valence-corrected chi connectivity index (χ0v) is 11.5. The van der Waals surface area contributed by atoms with E-state index in [0.29, 0.717) is 6.04 Å². The van der Waals surface area contributed by atoms with E-state index in [4.69, 9.17) is 0 Å². The predicted octanol–water partition coefficient (Wildman–Crippen LogP) is 1.34. The van der Waals surface area contributed by atoms with Crippen LogP contribution >= 0.6 is 0 Å². The fraction of sp³-hybridized carbons (Fsp3) is 1.00. The fourth-order valence-corrected chi connectivity index (χ4v) is 1.04. The smallest absolute Gasteiger partial charge is 0.0631 e. The number of hydrogen-bond acceptors (Lipinski definition) is 2. The second-order valence-corrected chi connectivity index (χ2v) is 4.15. The van der Waals surface area contributed by atoms with Crippen molar-refractivity contribution in [3.63, 3.8) is 0 Å². The third kappa shape index (κ3) is 4.74. The number of hydrogen-bond donors (Lipinski definition) is 1. The molecule has 12 heavy (non-hydrogen) atoms. The van der Waals surface area contributed by atoms with Crippen LogP contribution in [0, 0.1) is 5.92 Å². The quantitative estimate of drug-likeness (QED) is 0.817. The predicted molar refractivity (Wildman–Crippen MR) is 48.6 cm³/mol. The summed E-state index contributed by atoms with van der Waals surface area (Å²) >= 11 is 0. The first-order valence-electron chi connectivity index (χ1n) is 4.15. The molecule has 0 rings (SSSR count). The van der Waals surface area contributed by atoms with E-state index in [2.05, 4.69) is 18.7 Å². The molecule has 0 aliphatic carbocycles. The zero-order chi connectivity index (χ0) is 9.23. The first-order valence-corrected chi connectivity index (χ1v) is 4.15. The summed E-state index contributed by atoms with van der Waals surface area (Å²) in [7, 11) is 4.07. The Kier molecular flexibility index (Phi) is 7.02. The summed E-state index contributed by atoms with van der Waals surface area (Å²) in [5.41, 5.74) is -0.580. The molecule has 3 heteroatoms. The van der Waals surface area contributed by atoms with Gasteiger partial charge in [0.05, 0.1) is 5.60 Å². The molecule has 1 N–H and O–H groups in total. The number of aliphatic hydroxyl groups is 1. The van der Waals surface area contributed by atoms with Crippen molar-refractivity contribution >= 4 is 0 Å². The van der Waals surface area contributed by atoms with Crippen molar-refractivity contribution in [3.8, 4) is 0 Å². The van der Waals surface area contributed by atoms with Crippen molar-refractivity contribution < 1.29 is 31.3 Å². The molecule has 0 heterocycles.